The van der Waals surface area contributed by atoms with Gasteiger partial charge in [-0.05, 0) is 12.1 Å². The average Bonchev–Trinajstić information content (AvgIpc) is 3.24. The van der Waals surface area contributed by atoms with Crippen LogP contribution in [0.25, 0.3) is 10.6 Å². The van der Waals surface area contributed by atoms with Crippen LogP contribution in [-0.2, 0) is 17.4 Å². The zero-order valence-corrected chi connectivity index (χ0v) is 14.8. The summed E-state index contributed by atoms with van der Waals surface area (Å²) >= 11 is 1.65. The van der Waals surface area contributed by atoms with Crippen LogP contribution in [-0.4, -0.2) is 21.1 Å². The van der Waals surface area contributed by atoms with E-state index in [4.69, 9.17) is 0 Å². The summed E-state index contributed by atoms with van der Waals surface area (Å²) in [5.41, 5.74) is -0.170. The first kappa shape index (κ1) is 19.3. The molecule has 3 aromatic rings. The molecule has 2 heterocycles. The lowest BCUT2D eigenvalue weighted by atomic mass is 10.1. The third-order valence-corrected chi connectivity index (χ3v) is 4.99. The number of hydrogen-bond acceptors (Lipinski definition) is 6. The van der Waals surface area contributed by atoms with Gasteiger partial charge in [0.2, 0.25) is 11.0 Å². The van der Waals surface area contributed by atoms with Crippen molar-refractivity contribution in [2.75, 3.05) is 5.32 Å². The van der Waals surface area contributed by atoms with Crippen molar-refractivity contribution in [1.29, 1.82) is 0 Å². The maximum absolute atomic E-state index is 12.8. The van der Waals surface area contributed by atoms with Crippen LogP contribution in [0.1, 0.15) is 22.7 Å². The maximum atomic E-state index is 12.8. The molecule has 0 saturated carbocycles. The fraction of sp³-hybridized carbons (Fsp3) is 0.200. The molecule has 0 fully saturated rings. The number of carbonyl (C=O) groups is 1. The Balaban J connectivity index is 1.68. The predicted molar refractivity (Wildman–Crippen MR) is 89.8 cm³/mol. The molecule has 12 heteroatoms. The molecule has 142 valence electrons. The van der Waals surface area contributed by atoms with Gasteiger partial charge in [0, 0.05) is 10.9 Å². The minimum absolute atomic E-state index is 0.0661. The highest BCUT2D eigenvalue weighted by Gasteiger charge is 2.30. The number of rotatable bonds is 5. The molecule has 0 aliphatic heterocycles. The molecule has 0 bridgehead atoms. The molecule has 0 unspecified atom stereocenters. The summed E-state index contributed by atoms with van der Waals surface area (Å²) in [6, 6.07) is 4.71. The van der Waals surface area contributed by atoms with Crippen molar-refractivity contribution < 1.29 is 26.7 Å². The van der Waals surface area contributed by atoms with Gasteiger partial charge in [0.25, 0.3) is 6.43 Å². The summed E-state index contributed by atoms with van der Waals surface area (Å²) < 4.78 is 63.3. The first-order valence-corrected chi connectivity index (χ1v) is 8.95. The molecule has 2 aromatic heterocycles. The average molecular weight is 420 g/mol. The first-order chi connectivity index (χ1) is 12.7. The number of aromatic nitrogens is 3. The molecular weight excluding hydrogens is 411 g/mol. The number of nitrogens with zero attached hydrogens (tertiary/aromatic N) is 3. The van der Waals surface area contributed by atoms with E-state index in [1.807, 2.05) is 0 Å². The van der Waals surface area contributed by atoms with Gasteiger partial charge in [0.05, 0.1) is 17.7 Å². The van der Waals surface area contributed by atoms with E-state index in [-0.39, 0.29) is 17.1 Å². The number of anilines is 1. The van der Waals surface area contributed by atoms with Gasteiger partial charge < -0.3 is 5.32 Å². The number of thiazole rings is 1. The van der Waals surface area contributed by atoms with Crippen molar-refractivity contribution in [3.8, 4) is 10.6 Å². The Morgan fingerprint density at radius 3 is 2.67 bits per heavy atom. The van der Waals surface area contributed by atoms with Gasteiger partial charge in [-0.2, -0.15) is 13.2 Å². The molecule has 1 N–H and O–H groups in total. The summed E-state index contributed by atoms with van der Waals surface area (Å²) in [5.74, 6) is -0.548. The van der Waals surface area contributed by atoms with Crippen molar-refractivity contribution in [3.05, 3.63) is 45.9 Å². The van der Waals surface area contributed by atoms with Crippen LogP contribution in [0.4, 0.5) is 27.1 Å². The smallest absolute Gasteiger partial charge is 0.300 e. The second-order valence-corrected chi connectivity index (χ2v) is 7.06. The summed E-state index contributed by atoms with van der Waals surface area (Å²) in [6.45, 7) is 0. The molecule has 0 aliphatic rings. The lowest BCUT2D eigenvalue weighted by Gasteiger charge is -2.07. The summed E-state index contributed by atoms with van der Waals surface area (Å²) in [4.78, 5) is 16.1. The van der Waals surface area contributed by atoms with Gasteiger partial charge in [-0.1, -0.05) is 23.5 Å². The van der Waals surface area contributed by atoms with E-state index in [1.54, 1.807) is 5.38 Å². The van der Waals surface area contributed by atoms with Crippen LogP contribution in [0, 0.1) is 0 Å². The Morgan fingerprint density at radius 2 is 2.00 bits per heavy atom. The van der Waals surface area contributed by atoms with E-state index >= 15 is 0 Å². The van der Waals surface area contributed by atoms with Gasteiger partial charge in [-0.15, -0.1) is 21.5 Å². The highest BCUT2D eigenvalue weighted by Crippen LogP contribution is 2.33. The number of nitrogens with one attached hydrogen (secondary N) is 1. The Kier molecular flexibility index (Phi) is 5.46. The van der Waals surface area contributed by atoms with Gasteiger partial charge in [-0.25, -0.2) is 13.8 Å². The first-order valence-electron chi connectivity index (χ1n) is 7.26. The van der Waals surface area contributed by atoms with Gasteiger partial charge in [0.1, 0.15) is 5.01 Å². The van der Waals surface area contributed by atoms with E-state index in [1.165, 1.54) is 12.1 Å². The number of hydrogen-bond donors (Lipinski definition) is 1. The van der Waals surface area contributed by atoms with Crippen molar-refractivity contribution in [2.45, 2.75) is 19.0 Å². The van der Waals surface area contributed by atoms with Crippen LogP contribution in [0.3, 0.4) is 0 Å². The topological polar surface area (TPSA) is 67.8 Å². The molecule has 0 radical (unpaired) electrons. The van der Waals surface area contributed by atoms with Crippen molar-refractivity contribution in [1.82, 2.24) is 15.2 Å². The highest BCUT2D eigenvalue weighted by atomic mass is 32.1. The van der Waals surface area contributed by atoms with Crippen LogP contribution < -0.4 is 5.32 Å². The second-order valence-electron chi connectivity index (χ2n) is 5.19. The Morgan fingerprint density at radius 1 is 1.22 bits per heavy atom. The van der Waals surface area contributed by atoms with E-state index in [0.717, 1.165) is 23.5 Å². The highest BCUT2D eigenvalue weighted by molar-refractivity contribution is 7.15. The summed E-state index contributed by atoms with van der Waals surface area (Å²) in [5, 5.41) is 10.3. The normalized spacial score (nSPS) is 11.8. The maximum Gasteiger partial charge on any atom is 0.416 e. The van der Waals surface area contributed by atoms with E-state index in [9.17, 15) is 26.7 Å². The van der Waals surface area contributed by atoms with Crippen LogP contribution in [0.5, 0.6) is 0 Å². The molecular formula is C15H9F5N4OS2. The van der Waals surface area contributed by atoms with E-state index < -0.39 is 29.1 Å². The van der Waals surface area contributed by atoms with Crippen LogP contribution in [0.2, 0.25) is 0 Å². The molecule has 3 rings (SSSR count). The van der Waals surface area contributed by atoms with Gasteiger partial charge >= 0.3 is 6.18 Å². The fourth-order valence-corrected chi connectivity index (χ4v) is 3.48. The number of alkyl halides is 5. The molecule has 0 aliphatic carbocycles. The molecule has 0 saturated heterocycles. The number of benzene rings is 1. The third kappa shape index (κ3) is 4.83. The number of carbonyl (C=O) groups excluding carboxylic acids is 1. The minimum Gasteiger partial charge on any atom is -0.300 e. The standard InChI is InChI=1S/C15H9F5N4OS2/c16-11(17)13-23-24-14(27-13)22-10(25)5-9-6-26-12(21-9)7-2-1-3-8(4-7)15(18,19)20/h1-4,6,11H,5H2,(H,22,24,25). The predicted octanol–water partition coefficient (Wildman–Crippen LogP) is 4.80. The SMILES string of the molecule is O=C(Cc1csc(-c2cccc(C(F)(F)F)c2)n1)Nc1nnc(C(F)F)s1. The van der Waals surface area contributed by atoms with Gasteiger partial charge in [-0.3, -0.25) is 4.79 Å². The van der Waals surface area contributed by atoms with Crippen molar-refractivity contribution in [3.63, 3.8) is 0 Å². The molecule has 0 atom stereocenters. The molecule has 27 heavy (non-hydrogen) atoms. The van der Waals surface area contributed by atoms with Crippen molar-refractivity contribution >= 4 is 33.7 Å². The summed E-state index contributed by atoms with van der Waals surface area (Å²) in [6.07, 6.45) is -7.42. The number of halogens is 5. The lowest BCUT2D eigenvalue weighted by Crippen LogP contribution is -2.14. The largest absolute Gasteiger partial charge is 0.416 e. The molecule has 1 amide bonds. The van der Waals surface area contributed by atoms with Crippen LogP contribution >= 0.6 is 22.7 Å². The minimum atomic E-state index is -4.46. The molecule has 1 aromatic carbocycles. The fourth-order valence-electron chi connectivity index (χ4n) is 2.05. The van der Waals surface area contributed by atoms with Gasteiger partial charge in [0.15, 0.2) is 5.01 Å². The molecule has 0 spiro atoms. The zero-order chi connectivity index (χ0) is 19.6. The monoisotopic (exact) mass is 420 g/mol. The van der Waals surface area contributed by atoms with E-state index in [0.29, 0.717) is 22.0 Å². The Hall–Kier alpha value is -2.47. The third-order valence-electron chi connectivity index (χ3n) is 3.20. The molecule has 5 nitrogen and oxygen atoms in total. The van der Waals surface area contributed by atoms with E-state index in [2.05, 4.69) is 20.5 Å². The Labute approximate surface area is 156 Å². The van der Waals surface area contributed by atoms with Crippen LogP contribution in [0.15, 0.2) is 29.6 Å². The number of amides is 1. The quantitative estimate of drug-likeness (QED) is 0.602. The lowest BCUT2D eigenvalue weighted by molar-refractivity contribution is -0.137. The summed E-state index contributed by atoms with van der Waals surface area (Å²) in [7, 11) is 0. The zero-order valence-electron chi connectivity index (χ0n) is 13.1. The Bertz CT molecular complexity index is 954. The second kappa shape index (κ2) is 7.64. The van der Waals surface area contributed by atoms with Crippen molar-refractivity contribution in [2.24, 2.45) is 0 Å².